The number of thiophene rings is 2. The molecule has 0 unspecified atom stereocenters. The van der Waals surface area contributed by atoms with Crippen molar-refractivity contribution in [2.24, 2.45) is 0 Å². The van der Waals surface area contributed by atoms with Crippen LogP contribution in [0.1, 0.15) is 25.0 Å². The van der Waals surface area contributed by atoms with E-state index >= 15 is 0 Å². The third kappa shape index (κ3) is 4.44. The van der Waals surface area contributed by atoms with E-state index in [4.69, 9.17) is 0 Å². The Morgan fingerprint density at radius 3 is 1.69 bits per heavy atom. The standard InChI is InChI=1S/C53H34S2/c1-53(2)44-26-22-32(33-20-24-36-41-25-27-47-51(52(41)55-48(36)30-33)42-18-10-11-19-46(42)54-47)28-43(44)35-23-21-34(29-45(35)53)50-39-16-8-6-14-37(39)49(31-12-4-3-5-13-31)38-15-7-9-17-40(38)50/h3-30H,1-2H3. The summed E-state index contributed by atoms with van der Waals surface area (Å²) in [7, 11) is 0. The van der Waals surface area contributed by atoms with E-state index in [1.165, 1.54) is 118 Å². The van der Waals surface area contributed by atoms with E-state index in [1.54, 1.807) is 0 Å². The first kappa shape index (κ1) is 31.3. The highest BCUT2D eigenvalue weighted by Crippen LogP contribution is 2.53. The molecule has 2 heterocycles. The largest absolute Gasteiger partial charge is 0.135 e. The number of benzene rings is 9. The second kappa shape index (κ2) is 11.5. The van der Waals surface area contributed by atoms with E-state index in [0.29, 0.717) is 0 Å². The van der Waals surface area contributed by atoms with Crippen molar-refractivity contribution < 1.29 is 0 Å². The molecule has 0 radical (unpaired) electrons. The highest BCUT2D eigenvalue weighted by Gasteiger charge is 2.36. The van der Waals surface area contributed by atoms with Gasteiger partial charge in [0.15, 0.2) is 0 Å². The average molecular weight is 735 g/mol. The first-order chi connectivity index (χ1) is 27.0. The lowest BCUT2D eigenvalue weighted by Gasteiger charge is -2.23. The fraction of sp³-hybridized carbons (Fsp3) is 0.0566. The van der Waals surface area contributed by atoms with E-state index in [-0.39, 0.29) is 5.41 Å². The second-order valence-electron chi connectivity index (χ2n) is 15.6. The molecule has 258 valence electrons. The maximum absolute atomic E-state index is 2.49. The highest BCUT2D eigenvalue weighted by molar-refractivity contribution is 7.29. The minimum absolute atomic E-state index is 0.126. The maximum atomic E-state index is 2.49. The fourth-order valence-corrected chi connectivity index (χ4v) is 12.1. The van der Waals surface area contributed by atoms with Crippen molar-refractivity contribution in [1.82, 2.24) is 0 Å². The molecule has 9 aromatic carbocycles. The van der Waals surface area contributed by atoms with Gasteiger partial charge >= 0.3 is 0 Å². The Hall–Kier alpha value is -6.06. The zero-order valence-electron chi connectivity index (χ0n) is 30.5. The zero-order chi connectivity index (χ0) is 36.4. The summed E-state index contributed by atoms with van der Waals surface area (Å²) < 4.78 is 5.48. The molecule has 0 nitrogen and oxygen atoms in total. The predicted octanol–water partition coefficient (Wildman–Crippen LogP) is 16.0. The van der Waals surface area contributed by atoms with Gasteiger partial charge in [0.2, 0.25) is 0 Å². The van der Waals surface area contributed by atoms with E-state index in [9.17, 15) is 0 Å². The lowest BCUT2D eigenvalue weighted by Crippen LogP contribution is -2.15. The molecule has 2 heteroatoms. The lowest BCUT2D eigenvalue weighted by molar-refractivity contribution is 0.660. The average Bonchev–Trinajstić information content (AvgIpc) is 3.87. The van der Waals surface area contributed by atoms with Gasteiger partial charge in [0.1, 0.15) is 0 Å². The summed E-state index contributed by atoms with van der Waals surface area (Å²) in [5, 5.41) is 10.6. The van der Waals surface area contributed by atoms with Crippen molar-refractivity contribution >= 4 is 84.6 Å². The van der Waals surface area contributed by atoms with Crippen LogP contribution in [0.2, 0.25) is 0 Å². The van der Waals surface area contributed by atoms with Gasteiger partial charge < -0.3 is 0 Å². The Balaban J connectivity index is 1.00. The van der Waals surface area contributed by atoms with E-state index in [2.05, 4.69) is 184 Å². The number of hydrogen-bond acceptors (Lipinski definition) is 2. The van der Waals surface area contributed by atoms with Crippen LogP contribution in [0.15, 0.2) is 170 Å². The van der Waals surface area contributed by atoms with Crippen LogP contribution in [0.5, 0.6) is 0 Å². The van der Waals surface area contributed by atoms with Crippen molar-refractivity contribution in [3.63, 3.8) is 0 Å². The van der Waals surface area contributed by atoms with Crippen LogP contribution in [0.3, 0.4) is 0 Å². The molecule has 0 aliphatic heterocycles. The molecule has 0 amide bonds. The van der Waals surface area contributed by atoms with Crippen LogP contribution in [0.25, 0.3) is 106 Å². The van der Waals surface area contributed by atoms with Crippen molar-refractivity contribution in [1.29, 1.82) is 0 Å². The van der Waals surface area contributed by atoms with Crippen molar-refractivity contribution in [2.75, 3.05) is 0 Å². The molecule has 0 saturated carbocycles. The summed E-state index contributed by atoms with van der Waals surface area (Å²) >= 11 is 3.84. The van der Waals surface area contributed by atoms with Crippen LogP contribution >= 0.6 is 22.7 Å². The summed E-state index contributed by atoms with van der Waals surface area (Å²) in [6, 6.07) is 63.8. The molecule has 0 saturated heterocycles. The summed E-state index contributed by atoms with van der Waals surface area (Å²) in [5.74, 6) is 0. The van der Waals surface area contributed by atoms with Crippen LogP contribution in [-0.4, -0.2) is 0 Å². The minimum atomic E-state index is -0.126. The SMILES string of the molecule is CC1(C)c2ccc(-c3ccc4c(c3)sc3c4ccc4sc5ccccc5c43)cc2-c2ccc(-c3c4ccccc4c(-c4ccccc4)c4ccccc34)cc21. The normalized spacial score (nSPS) is 13.4. The summed E-state index contributed by atoms with van der Waals surface area (Å²) in [4.78, 5) is 0. The van der Waals surface area contributed by atoms with Gasteiger partial charge in [-0.1, -0.05) is 153 Å². The fourth-order valence-electron chi connectivity index (χ4n) is 9.67. The van der Waals surface area contributed by atoms with Gasteiger partial charge in [-0.15, -0.1) is 22.7 Å². The smallest absolute Gasteiger partial charge is 0.0448 e. The van der Waals surface area contributed by atoms with E-state index in [1.807, 2.05) is 22.7 Å². The Kier molecular flexibility index (Phi) is 6.53. The molecule has 1 aliphatic rings. The molecule has 55 heavy (non-hydrogen) atoms. The molecule has 2 aromatic heterocycles. The minimum Gasteiger partial charge on any atom is -0.135 e. The van der Waals surface area contributed by atoms with Gasteiger partial charge in [0.25, 0.3) is 0 Å². The van der Waals surface area contributed by atoms with Crippen LogP contribution in [-0.2, 0) is 5.41 Å². The Labute approximate surface area is 327 Å². The molecule has 0 atom stereocenters. The zero-order valence-corrected chi connectivity index (χ0v) is 32.1. The first-order valence-corrected chi connectivity index (χ1v) is 20.7. The van der Waals surface area contributed by atoms with Gasteiger partial charge in [-0.25, -0.2) is 0 Å². The summed E-state index contributed by atoms with van der Waals surface area (Å²) in [6.07, 6.45) is 0. The van der Waals surface area contributed by atoms with E-state index < -0.39 is 0 Å². The van der Waals surface area contributed by atoms with Gasteiger partial charge in [0.05, 0.1) is 0 Å². The Bertz CT molecular complexity index is 3340. The third-order valence-corrected chi connectivity index (χ3v) is 14.6. The molecule has 1 aliphatic carbocycles. The number of fused-ring (bicyclic) bond motifs is 12. The summed E-state index contributed by atoms with van der Waals surface area (Å²) in [6.45, 7) is 4.79. The topological polar surface area (TPSA) is 0 Å². The lowest BCUT2D eigenvalue weighted by atomic mass is 9.80. The van der Waals surface area contributed by atoms with Crippen LogP contribution in [0.4, 0.5) is 0 Å². The molecule has 0 fully saturated rings. The molecule has 0 spiro atoms. The van der Waals surface area contributed by atoms with Gasteiger partial charge in [-0.05, 0) is 108 Å². The Morgan fingerprint density at radius 1 is 0.345 bits per heavy atom. The molecule has 0 N–H and O–H groups in total. The Morgan fingerprint density at radius 2 is 0.945 bits per heavy atom. The van der Waals surface area contributed by atoms with E-state index in [0.717, 1.165) is 0 Å². The molecular weight excluding hydrogens is 701 g/mol. The molecule has 0 bridgehead atoms. The quantitative estimate of drug-likeness (QED) is 0.159. The first-order valence-electron chi connectivity index (χ1n) is 19.1. The molecule has 12 rings (SSSR count). The molecular formula is C53H34S2. The van der Waals surface area contributed by atoms with Gasteiger partial charge in [0, 0.05) is 45.8 Å². The van der Waals surface area contributed by atoms with Crippen molar-refractivity contribution in [2.45, 2.75) is 19.3 Å². The number of rotatable bonds is 3. The van der Waals surface area contributed by atoms with Crippen molar-refractivity contribution in [3.05, 3.63) is 181 Å². The van der Waals surface area contributed by atoms with Crippen LogP contribution in [0, 0.1) is 0 Å². The highest BCUT2D eigenvalue weighted by atomic mass is 32.1. The number of hydrogen-bond donors (Lipinski definition) is 0. The van der Waals surface area contributed by atoms with Crippen LogP contribution < -0.4 is 0 Å². The monoisotopic (exact) mass is 734 g/mol. The molecule has 11 aromatic rings. The van der Waals surface area contributed by atoms with Gasteiger partial charge in [-0.2, -0.15) is 0 Å². The third-order valence-electron chi connectivity index (χ3n) is 12.3. The van der Waals surface area contributed by atoms with Gasteiger partial charge in [-0.3, -0.25) is 0 Å². The summed E-state index contributed by atoms with van der Waals surface area (Å²) in [5.41, 5.74) is 13.0. The predicted molar refractivity (Wildman–Crippen MR) is 241 cm³/mol. The maximum Gasteiger partial charge on any atom is 0.0448 e. The second-order valence-corrected chi connectivity index (χ2v) is 17.7. The van der Waals surface area contributed by atoms with Crippen molar-refractivity contribution in [3.8, 4) is 44.5 Å².